The van der Waals surface area contributed by atoms with Crippen molar-refractivity contribution in [2.24, 2.45) is 11.5 Å². The lowest BCUT2D eigenvalue weighted by molar-refractivity contribution is 0.559. The molecule has 64 valence electrons. The largest absolute Gasteiger partial charge is 0.487 e. The van der Waals surface area contributed by atoms with Crippen LogP contribution in [0.4, 0.5) is 0 Å². The van der Waals surface area contributed by atoms with Crippen molar-refractivity contribution in [2.75, 3.05) is 0 Å². The molecular formula is C3H7N3O3S2. The number of aliphatic hydroxyl groups is 2. The number of rotatable bonds is 0. The normalized spacial score (nSPS) is 5.09. The highest BCUT2D eigenvalue weighted by Gasteiger charge is 1.57. The Labute approximate surface area is 73.3 Å². The predicted molar refractivity (Wildman–Crippen MR) is 47.2 cm³/mol. The Morgan fingerprint density at radius 1 is 1.27 bits per heavy atom. The van der Waals surface area contributed by atoms with Gasteiger partial charge in [0, 0.05) is 0 Å². The van der Waals surface area contributed by atoms with Crippen LogP contribution in [0.3, 0.4) is 0 Å². The minimum atomic E-state index is -0.500. The number of nitrogens with two attached hydrogens (primary N) is 2. The fourth-order valence-electron chi connectivity index (χ4n) is 0. The second-order valence-corrected chi connectivity index (χ2v) is 1.62. The zero-order chi connectivity index (χ0) is 9.86. The average Bonchev–Trinajstić information content (AvgIpc) is 1.60. The topological polar surface area (TPSA) is 133 Å². The van der Waals surface area contributed by atoms with Gasteiger partial charge in [-0.3, -0.25) is 0 Å². The highest BCUT2D eigenvalue weighted by molar-refractivity contribution is 7.80. The van der Waals surface area contributed by atoms with Gasteiger partial charge in [-0.05, 0) is 24.4 Å². The summed E-state index contributed by atoms with van der Waals surface area (Å²) in [4.78, 5) is 8.35. The van der Waals surface area contributed by atoms with Crippen LogP contribution in [0.2, 0.25) is 0 Å². The summed E-state index contributed by atoms with van der Waals surface area (Å²) in [5, 5.41) is 19.5. The van der Waals surface area contributed by atoms with Crippen LogP contribution >= 0.6 is 24.4 Å². The van der Waals surface area contributed by atoms with Crippen LogP contribution in [0.15, 0.2) is 0 Å². The zero-order valence-electron chi connectivity index (χ0n) is 5.27. The van der Waals surface area contributed by atoms with Gasteiger partial charge in [0.05, 0.1) is 0 Å². The van der Waals surface area contributed by atoms with Gasteiger partial charge in [-0.1, -0.05) is 0 Å². The Kier molecular flexibility index (Phi) is 23.7. The van der Waals surface area contributed by atoms with Gasteiger partial charge in [0.15, 0.2) is 0 Å². The lowest BCUT2D eigenvalue weighted by Gasteiger charge is -1.67. The number of isocyanates is 1. The Hall–Kier alpha value is -1.24. The number of thiocarbonyl (C=S) groups is 2. The van der Waals surface area contributed by atoms with Gasteiger partial charge in [-0.25, -0.2) is 10.2 Å². The third kappa shape index (κ3) is 260. The summed E-state index contributed by atoms with van der Waals surface area (Å²) >= 11 is 7.74. The first-order chi connectivity index (χ1) is 4.88. The molecule has 0 aromatic rings. The summed E-state index contributed by atoms with van der Waals surface area (Å²) < 4.78 is 0. The van der Waals surface area contributed by atoms with Crippen LogP contribution in [0.1, 0.15) is 0 Å². The lowest BCUT2D eigenvalue weighted by atomic mass is 11.4. The highest BCUT2D eigenvalue weighted by Crippen LogP contribution is 1.40. The van der Waals surface area contributed by atoms with Gasteiger partial charge in [0.1, 0.15) is 0 Å². The molecule has 0 bridgehead atoms. The van der Waals surface area contributed by atoms with Crippen LogP contribution in [0, 0.1) is 5.41 Å². The number of hydrogen-bond acceptors (Lipinski definition) is 4. The highest BCUT2D eigenvalue weighted by atomic mass is 32.1. The summed E-state index contributed by atoms with van der Waals surface area (Å²) in [6.07, 6.45) is 0.750. The van der Waals surface area contributed by atoms with Gasteiger partial charge in [-0.2, -0.15) is 0 Å². The van der Waals surface area contributed by atoms with E-state index in [2.05, 4.69) is 35.9 Å². The molecule has 0 heterocycles. The molecule has 0 fully saturated rings. The molecule has 0 unspecified atom stereocenters. The molecule has 6 nitrogen and oxygen atoms in total. The van der Waals surface area contributed by atoms with E-state index < -0.39 is 10.3 Å². The number of aliphatic hydroxyl groups excluding tert-OH is 2. The molecule has 0 amide bonds. The molecule has 0 atom stereocenters. The van der Waals surface area contributed by atoms with Crippen LogP contribution in [-0.2, 0) is 4.79 Å². The molecule has 0 aliphatic heterocycles. The van der Waals surface area contributed by atoms with E-state index in [0.29, 0.717) is 0 Å². The maximum Gasteiger partial charge on any atom is 0.251 e. The number of hydrogen-bond donors (Lipinski definition) is 5. The Balaban J connectivity index is -0.0000000886. The van der Waals surface area contributed by atoms with Gasteiger partial charge < -0.3 is 21.7 Å². The van der Waals surface area contributed by atoms with Gasteiger partial charge in [0.25, 0.3) is 10.3 Å². The SMILES string of the molecule is N=C=O.NC(O)=S.NC(O)=S. The van der Waals surface area contributed by atoms with E-state index >= 15 is 0 Å². The van der Waals surface area contributed by atoms with Crippen molar-refractivity contribution in [3.63, 3.8) is 0 Å². The van der Waals surface area contributed by atoms with Crippen LogP contribution in [0.25, 0.3) is 0 Å². The molecule has 11 heavy (non-hydrogen) atoms. The van der Waals surface area contributed by atoms with E-state index in [1.165, 1.54) is 0 Å². The molecule has 0 spiro atoms. The molecule has 0 aliphatic rings. The standard InChI is InChI=1S/2CH3NOS.CHNO/c2*2-1(3)4;2-1-3/h2*(H3,2,3,4);2H. The molecule has 0 saturated carbocycles. The Morgan fingerprint density at radius 2 is 1.27 bits per heavy atom. The molecule has 0 rings (SSSR count). The molecule has 0 radical (unpaired) electrons. The van der Waals surface area contributed by atoms with E-state index in [1.54, 1.807) is 0 Å². The molecule has 0 aromatic heterocycles. The van der Waals surface area contributed by atoms with Crippen molar-refractivity contribution < 1.29 is 15.0 Å². The van der Waals surface area contributed by atoms with Crippen molar-refractivity contribution in [1.82, 2.24) is 0 Å². The van der Waals surface area contributed by atoms with E-state index in [4.69, 9.17) is 20.4 Å². The lowest BCUT2D eigenvalue weighted by Crippen LogP contribution is -2.03. The third-order valence-corrected chi connectivity index (χ3v) is 0. The first-order valence-electron chi connectivity index (χ1n) is 1.89. The summed E-state index contributed by atoms with van der Waals surface area (Å²) in [6, 6.07) is 0. The van der Waals surface area contributed by atoms with Crippen LogP contribution < -0.4 is 11.5 Å². The molecule has 0 aromatic carbocycles. The fourth-order valence-corrected chi connectivity index (χ4v) is 0. The van der Waals surface area contributed by atoms with Crippen LogP contribution in [-0.4, -0.2) is 26.6 Å². The first kappa shape index (κ1) is 16.4. The molecule has 7 N–H and O–H groups in total. The van der Waals surface area contributed by atoms with Crippen LogP contribution in [0.5, 0.6) is 0 Å². The van der Waals surface area contributed by atoms with Gasteiger partial charge in [-0.15, -0.1) is 0 Å². The van der Waals surface area contributed by atoms with Crippen molar-refractivity contribution in [3.05, 3.63) is 0 Å². The summed E-state index contributed by atoms with van der Waals surface area (Å²) in [6.45, 7) is 0. The number of carbonyl (C=O) groups excluding carboxylic acids is 1. The minimum Gasteiger partial charge on any atom is -0.487 e. The van der Waals surface area contributed by atoms with Gasteiger partial charge >= 0.3 is 0 Å². The molecule has 8 heteroatoms. The second kappa shape index (κ2) is 15.9. The minimum absolute atomic E-state index is 0.500. The summed E-state index contributed by atoms with van der Waals surface area (Å²) in [5.41, 5.74) is 8.80. The van der Waals surface area contributed by atoms with Crippen molar-refractivity contribution in [3.8, 4) is 0 Å². The smallest absolute Gasteiger partial charge is 0.251 e. The average molecular weight is 197 g/mol. The van der Waals surface area contributed by atoms with E-state index in [1.807, 2.05) is 0 Å². The molecule has 0 saturated heterocycles. The quantitative estimate of drug-likeness (QED) is 0.200. The maximum atomic E-state index is 8.35. The zero-order valence-corrected chi connectivity index (χ0v) is 6.91. The second-order valence-electron chi connectivity index (χ2n) is 0.779. The monoisotopic (exact) mass is 197 g/mol. The van der Waals surface area contributed by atoms with E-state index in [-0.39, 0.29) is 0 Å². The molecule has 0 aliphatic carbocycles. The van der Waals surface area contributed by atoms with E-state index in [9.17, 15) is 0 Å². The molecular weight excluding hydrogens is 190 g/mol. The van der Waals surface area contributed by atoms with Crippen molar-refractivity contribution in [2.45, 2.75) is 0 Å². The van der Waals surface area contributed by atoms with E-state index in [0.717, 1.165) is 6.08 Å². The summed E-state index contributed by atoms with van der Waals surface area (Å²) in [5.74, 6) is 0. The van der Waals surface area contributed by atoms with Crippen molar-refractivity contribution in [1.29, 1.82) is 5.41 Å². The fraction of sp³-hybridized carbons (Fsp3) is 0. The van der Waals surface area contributed by atoms with Crippen molar-refractivity contribution >= 4 is 40.9 Å². The Morgan fingerprint density at radius 3 is 1.27 bits per heavy atom. The number of nitrogens with one attached hydrogen (secondary N) is 1. The predicted octanol–water partition coefficient (Wildman–Crippen LogP) is -0.523. The maximum absolute atomic E-state index is 8.35. The van der Waals surface area contributed by atoms with Gasteiger partial charge in [0.2, 0.25) is 6.08 Å². The first-order valence-corrected chi connectivity index (χ1v) is 2.70. The summed E-state index contributed by atoms with van der Waals surface area (Å²) in [7, 11) is 0. The third-order valence-electron chi connectivity index (χ3n) is 0. The Bertz CT molecular complexity index is 134.